The highest BCUT2D eigenvalue weighted by molar-refractivity contribution is 7.92. The predicted molar refractivity (Wildman–Crippen MR) is 50.6 cm³/mol. The zero-order valence-corrected chi connectivity index (χ0v) is 8.27. The highest BCUT2D eigenvalue weighted by Gasteiger charge is 2.29. The number of carbonyl (C=O) groups is 1. The van der Waals surface area contributed by atoms with E-state index in [1.54, 1.807) is 6.08 Å². The van der Waals surface area contributed by atoms with Crippen molar-refractivity contribution in [3.05, 3.63) is 17.7 Å². The zero-order chi connectivity index (χ0) is 10.6. The molecule has 0 fully saturated rings. The Hall–Kier alpha value is -1.26. The molecule has 5 nitrogen and oxygen atoms in total. The van der Waals surface area contributed by atoms with Crippen LogP contribution in [0.4, 0.5) is 0 Å². The molecule has 6 heteroatoms. The summed E-state index contributed by atoms with van der Waals surface area (Å²) in [5, 5.41) is -0.729. The van der Waals surface area contributed by atoms with Crippen LogP contribution in [0.25, 0.3) is 5.53 Å². The van der Waals surface area contributed by atoms with Crippen LogP contribution in [0, 0.1) is 0 Å². The van der Waals surface area contributed by atoms with Crippen molar-refractivity contribution in [3.63, 3.8) is 0 Å². The normalized spacial score (nSPS) is 21.7. The van der Waals surface area contributed by atoms with Gasteiger partial charge in [0.1, 0.15) is 12.0 Å². The summed E-state index contributed by atoms with van der Waals surface area (Å²) in [6.07, 6.45) is 4.17. The van der Waals surface area contributed by atoms with E-state index in [9.17, 15) is 13.2 Å². The second-order valence-electron chi connectivity index (χ2n) is 3.04. The molecule has 76 valence electrons. The molecular formula is C8H10N2O3S. The first kappa shape index (κ1) is 10.8. The largest absolute Gasteiger partial charge is 0.362 e. The molecule has 1 aliphatic rings. The minimum Gasteiger partial charge on any atom is -0.362 e. The van der Waals surface area contributed by atoms with Crippen LogP contribution in [0.15, 0.2) is 12.2 Å². The molecule has 0 bridgehead atoms. The number of rotatable bonds is 3. The lowest BCUT2D eigenvalue weighted by atomic mass is 10.1. The van der Waals surface area contributed by atoms with Gasteiger partial charge in [-0.15, -0.1) is 0 Å². The van der Waals surface area contributed by atoms with Crippen molar-refractivity contribution in [1.29, 1.82) is 0 Å². The van der Waals surface area contributed by atoms with Gasteiger partial charge in [0.05, 0.1) is 18.1 Å². The molecule has 0 aromatic heterocycles. The number of nitrogens with zero attached hydrogens (tertiary/aromatic N) is 2. The molecule has 1 atom stereocenters. The van der Waals surface area contributed by atoms with Gasteiger partial charge in [0, 0.05) is 0 Å². The van der Waals surface area contributed by atoms with Crippen molar-refractivity contribution in [2.45, 2.75) is 18.1 Å². The molecular weight excluding hydrogens is 204 g/mol. The van der Waals surface area contributed by atoms with Crippen LogP contribution in [0.1, 0.15) is 12.8 Å². The third-order valence-electron chi connectivity index (χ3n) is 2.04. The van der Waals surface area contributed by atoms with Crippen LogP contribution in [-0.4, -0.2) is 36.2 Å². The van der Waals surface area contributed by atoms with Crippen molar-refractivity contribution >= 4 is 21.8 Å². The molecule has 0 spiro atoms. The molecule has 0 N–H and O–H groups in total. The third kappa shape index (κ3) is 2.37. The number of carbonyl (C=O) groups excluding carboxylic acids is 1. The Labute approximate surface area is 82.0 Å². The molecule has 14 heavy (non-hydrogen) atoms. The molecule has 1 unspecified atom stereocenters. The summed E-state index contributed by atoms with van der Waals surface area (Å²) in [6.45, 7) is 0. The Balaban J connectivity index is 2.90. The number of allylic oxidation sites excluding steroid dienone is 1. The van der Waals surface area contributed by atoms with Gasteiger partial charge < -0.3 is 10.3 Å². The van der Waals surface area contributed by atoms with Crippen molar-refractivity contribution in [2.75, 3.05) is 5.75 Å². The summed E-state index contributed by atoms with van der Waals surface area (Å²) in [4.78, 5) is 13.1. The molecule has 0 heterocycles. The smallest absolute Gasteiger partial charge is 0.274 e. The first-order chi connectivity index (χ1) is 6.60. The average Bonchev–Trinajstić information content (AvgIpc) is 2.18. The van der Waals surface area contributed by atoms with Gasteiger partial charge in [-0.25, -0.2) is 8.42 Å². The van der Waals surface area contributed by atoms with E-state index < -0.39 is 20.8 Å². The molecule has 0 amide bonds. The number of hydrogen-bond donors (Lipinski definition) is 0. The summed E-state index contributed by atoms with van der Waals surface area (Å²) in [5.41, 5.74) is 8.92. The van der Waals surface area contributed by atoms with Gasteiger partial charge >= 0.3 is 0 Å². The van der Waals surface area contributed by atoms with Gasteiger partial charge in [-0.2, -0.15) is 4.79 Å². The Morgan fingerprint density at radius 2 is 2.36 bits per heavy atom. The van der Waals surface area contributed by atoms with Gasteiger partial charge in [-0.3, -0.25) is 0 Å². The summed E-state index contributed by atoms with van der Waals surface area (Å²) in [5.74, 6) is -0.485. The molecule has 0 aromatic rings. The Bertz CT molecular complexity index is 404. The highest BCUT2D eigenvalue weighted by atomic mass is 32.2. The standard InChI is InChI=1S/C8H10N2O3S/c9-10-7-2-1-3-8(6-7)14(12,13)5-4-11/h1,3-4,8H,2,5-6H2. The molecule has 0 aliphatic heterocycles. The first-order valence-corrected chi connectivity index (χ1v) is 5.83. The topological polar surface area (TPSA) is 87.6 Å². The van der Waals surface area contributed by atoms with Crippen LogP contribution in [0.3, 0.4) is 0 Å². The van der Waals surface area contributed by atoms with Crippen LogP contribution in [0.5, 0.6) is 0 Å². The van der Waals surface area contributed by atoms with Crippen LogP contribution in [0.2, 0.25) is 0 Å². The second kappa shape index (κ2) is 4.30. The average molecular weight is 214 g/mol. The molecule has 1 rings (SSSR count). The maximum absolute atomic E-state index is 11.4. The Kier molecular flexibility index (Phi) is 3.33. The van der Waals surface area contributed by atoms with Gasteiger partial charge in [0.15, 0.2) is 9.84 Å². The highest BCUT2D eigenvalue weighted by Crippen LogP contribution is 2.15. The summed E-state index contributed by atoms with van der Waals surface area (Å²) in [6, 6.07) is 0. The predicted octanol–water partition coefficient (Wildman–Crippen LogP) is -0.0105. The summed E-state index contributed by atoms with van der Waals surface area (Å²) in [7, 11) is -3.42. The van der Waals surface area contributed by atoms with Crippen molar-refractivity contribution in [1.82, 2.24) is 0 Å². The third-order valence-corrected chi connectivity index (χ3v) is 3.89. The quantitative estimate of drug-likeness (QED) is 0.286. The molecule has 0 aromatic carbocycles. The fourth-order valence-electron chi connectivity index (χ4n) is 1.29. The van der Waals surface area contributed by atoms with Gasteiger partial charge in [0.25, 0.3) is 5.71 Å². The van der Waals surface area contributed by atoms with E-state index in [0.717, 1.165) is 0 Å². The van der Waals surface area contributed by atoms with Crippen LogP contribution >= 0.6 is 0 Å². The van der Waals surface area contributed by atoms with E-state index in [-0.39, 0.29) is 6.42 Å². The fraction of sp³-hybridized carbons (Fsp3) is 0.500. The van der Waals surface area contributed by atoms with Crippen molar-refractivity contribution in [3.8, 4) is 0 Å². The first-order valence-electron chi connectivity index (χ1n) is 4.12. The lowest BCUT2D eigenvalue weighted by Gasteiger charge is -2.12. The number of sulfone groups is 1. The molecule has 0 saturated heterocycles. The summed E-state index contributed by atoms with van der Waals surface area (Å²) >= 11 is 0. The van der Waals surface area contributed by atoms with Crippen molar-refractivity contribution in [2.24, 2.45) is 0 Å². The SMILES string of the molecule is [N-]=[N+]=C1CC=CC(S(=O)(=O)CC=O)C1. The van der Waals surface area contributed by atoms with E-state index >= 15 is 0 Å². The zero-order valence-electron chi connectivity index (χ0n) is 7.46. The van der Waals surface area contributed by atoms with Gasteiger partial charge in [-0.05, 0) is 0 Å². The van der Waals surface area contributed by atoms with E-state index in [1.807, 2.05) is 0 Å². The second-order valence-corrected chi connectivity index (χ2v) is 5.30. The lowest BCUT2D eigenvalue weighted by molar-refractivity contribution is -0.105. The van der Waals surface area contributed by atoms with Crippen molar-refractivity contribution < 1.29 is 18.0 Å². The Morgan fingerprint density at radius 1 is 1.64 bits per heavy atom. The molecule has 0 saturated carbocycles. The fourth-order valence-corrected chi connectivity index (χ4v) is 2.52. The maximum atomic E-state index is 11.4. The van der Waals surface area contributed by atoms with E-state index in [4.69, 9.17) is 5.53 Å². The van der Waals surface area contributed by atoms with Crippen LogP contribution < -0.4 is 0 Å². The maximum Gasteiger partial charge on any atom is 0.274 e. The summed E-state index contributed by atoms with van der Waals surface area (Å²) < 4.78 is 22.9. The number of aldehydes is 1. The van der Waals surface area contributed by atoms with Crippen LogP contribution in [-0.2, 0) is 14.6 Å². The van der Waals surface area contributed by atoms with E-state index in [2.05, 4.69) is 4.79 Å². The Morgan fingerprint density at radius 3 is 2.93 bits per heavy atom. The van der Waals surface area contributed by atoms with Gasteiger partial charge in [0.2, 0.25) is 0 Å². The van der Waals surface area contributed by atoms with E-state index in [1.165, 1.54) is 6.08 Å². The van der Waals surface area contributed by atoms with Gasteiger partial charge in [-0.1, -0.05) is 12.2 Å². The minimum atomic E-state index is -3.42. The minimum absolute atomic E-state index is 0.170. The molecule has 0 radical (unpaired) electrons. The molecule has 1 aliphatic carbocycles. The lowest BCUT2D eigenvalue weighted by Crippen LogP contribution is -2.28. The number of hydrogen-bond acceptors (Lipinski definition) is 3. The monoisotopic (exact) mass is 214 g/mol. The van der Waals surface area contributed by atoms with E-state index in [0.29, 0.717) is 18.4 Å².